The Bertz CT molecular complexity index is 983. The van der Waals surface area contributed by atoms with E-state index in [1.165, 1.54) is 13.1 Å². The third kappa shape index (κ3) is 5.58. The molecule has 0 fully saturated rings. The molecule has 12 heteroatoms. The molecule has 7 nitrogen and oxygen atoms in total. The smallest absolute Gasteiger partial charge is 0.332 e. The molecule has 0 spiro atoms. The fourth-order valence-corrected chi connectivity index (χ4v) is 2.78. The summed E-state index contributed by atoms with van der Waals surface area (Å²) in [4.78, 5) is 35.5. The van der Waals surface area contributed by atoms with Crippen molar-refractivity contribution < 1.29 is 27.7 Å². The van der Waals surface area contributed by atoms with Gasteiger partial charge >= 0.3 is 6.18 Å². The fourth-order valence-electron chi connectivity index (χ4n) is 2.30. The van der Waals surface area contributed by atoms with Crippen molar-refractivity contribution >= 4 is 46.4 Å². The quantitative estimate of drug-likeness (QED) is 0.531. The van der Waals surface area contributed by atoms with Gasteiger partial charge in [0.1, 0.15) is 0 Å². The Labute approximate surface area is 172 Å². The summed E-state index contributed by atoms with van der Waals surface area (Å²) < 4.78 is 38.6. The van der Waals surface area contributed by atoms with Crippen LogP contribution in [0.15, 0.2) is 36.4 Å². The Morgan fingerprint density at radius 3 is 2.34 bits per heavy atom. The number of hydrogen-bond acceptors (Lipinski definition) is 4. The maximum absolute atomic E-state index is 12.9. The number of rotatable bonds is 5. The highest BCUT2D eigenvalue weighted by Crippen LogP contribution is 2.36. The van der Waals surface area contributed by atoms with Crippen LogP contribution in [0.2, 0.25) is 10.0 Å². The van der Waals surface area contributed by atoms with Crippen molar-refractivity contribution in [1.82, 2.24) is 4.90 Å². The van der Waals surface area contributed by atoms with Crippen LogP contribution in [0.1, 0.15) is 15.9 Å². The molecule has 0 aliphatic heterocycles. The number of halogens is 5. The third-order valence-corrected chi connectivity index (χ3v) is 4.32. The van der Waals surface area contributed by atoms with Crippen LogP contribution in [-0.2, 0) is 11.0 Å². The van der Waals surface area contributed by atoms with Gasteiger partial charge in [-0.15, -0.1) is 0 Å². The van der Waals surface area contributed by atoms with Crippen LogP contribution < -0.4 is 5.32 Å². The summed E-state index contributed by atoms with van der Waals surface area (Å²) in [5, 5.41) is 12.3. The van der Waals surface area contributed by atoms with Crippen LogP contribution in [-0.4, -0.2) is 35.2 Å². The number of nitro benzene ring substituents is 1. The minimum absolute atomic E-state index is 0.0709. The van der Waals surface area contributed by atoms with Gasteiger partial charge in [0.25, 0.3) is 11.6 Å². The van der Waals surface area contributed by atoms with E-state index in [0.29, 0.717) is 6.07 Å². The maximum Gasteiger partial charge on any atom is 0.417 e. The lowest BCUT2D eigenvalue weighted by atomic mass is 10.1. The molecule has 0 heterocycles. The van der Waals surface area contributed by atoms with E-state index in [1.807, 2.05) is 0 Å². The van der Waals surface area contributed by atoms with Crippen molar-refractivity contribution in [3.05, 3.63) is 67.7 Å². The molecule has 2 aromatic carbocycles. The predicted octanol–water partition coefficient (Wildman–Crippen LogP) is 4.63. The van der Waals surface area contributed by atoms with Gasteiger partial charge < -0.3 is 10.2 Å². The number of likely N-dealkylation sites (N-methyl/N-ethyl adjacent to an activating group) is 1. The number of nitro groups is 1. The van der Waals surface area contributed by atoms with Crippen molar-refractivity contribution in [2.24, 2.45) is 0 Å². The van der Waals surface area contributed by atoms with Gasteiger partial charge in [-0.05, 0) is 24.3 Å². The number of non-ortho nitro benzene ring substituents is 1. The number of anilines is 1. The largest absolute Gasteiger partial charge is 0.417 e. The average molecular weight is 450 g/mol. The number of alkyl halides is 3. The van der Waals surface area contributed by atoms with E-state index in [-0.39, 0.29) is 22.0 Å². The first-order valence-corrected chi connectivity index (χ1v) is 8.51. The van der Waals surface area contributed by atoms with Gasteiger partial charge in [-0.1, -0.05) is 23.2 Å². The van der Waals surface area contributed by atoms with Crippen molar-refractivity contribution in [3.63, 3.8) is 0 Å². The van der Waals surface area contributed by atoms with Crippen molar-refractivity contribution in [3.8, 4) is 0 Å². The first-order valence-electron chi connectivity index (χ1n) is 7.76. The van der Waals surface area contributed by atoms with E-state index in [1.54, 1.807) is 0 Å². The number of nitrogens with one attached hydrogen (secondary N) is 1. The lowest BCUT2D eigenvalue weighted by molar-refractivity contribution is -0.384. The number of hydrogen-bond donors (Lipinski definition) is 1. The zero-order chi connectivity index (χ0) is 21.9. The van der Waals surface area contributed by atoms with Crippen molar-refractivity contribution in [1.29, 1.82) is 0 Å². The second kappa shape index (κ2) is 8.66. The van der Waals surface area contributed by atoms with Crippen molar-refractivity contribution in [2.75, 3.05) is 18.9 Å². The highest BCUT2D eigenvalue weighted by Gasteiger charge is 2.33. The summed E-state index contributed by atoms with van der Waals surface area (Å²) in [6, 6.07) is 6.08. The molecule has 2 amide bonds. The number of carbonyl (C=O) groups is 2. The Hall–Kier alpha value is -2.85. The van der Waals surface area contributed by atoms with Crippen LogP contribution in [0, 0.1) is 10.1 Å². The Morgan fingerprint density at radius 2 is 1.79 bits per heavy atom. The summed E-state index contributed by atoms with van der Waals surface area (Å²) in [5.41, 5.74) is -1.64. The van der Waals surface area contributed by atoms with E-state index in [4.69, 9.17) is 23.2 Å². The monoisotopic (exact) mass is 449 g/mol. The average Bonchev–Trinajstić information content (AvgIpc) is 2.61. The summed E-state index contributed by atoms with van der Waals surface area (Å²) >= 11 is 11.4. The molecule has 154 valence electrons. The molecular weight excluding hydrogens is 438 g/mol. The molecule has 1 N–H and O–H groups in total. The lowest BCUT2D eigenvalue weighted by Gasteiger charge is -2.18. The standard InChI is InChI=1S/C17H12Cl2F3N3O4/c1-24(16(27)11-4-3-10(25(28)29)7-14(11)19)8-15(26)23-9-2-5-13(18)12(6-9)17(20,21)22/h2-7H,8H2,1H3,(H,23,26). The Balaban J connectivity index is 2.09. The molecule has 0 bridgehead atoms. The molecule has 0 atom stereocenters. The molecule has 0 aliphatic rings. The number of nitrogens with zero attached hydrogens (tertiary/aromatic N) is 2. The molecule has 29 heavy (non-hydrogen) atoms. The van der Waals surface area contributed by atoms with Crippen LogP contribution in [0.25, 0.3) is 0 Å². The highest BCUT2D eigenvalue weighted by molar-refractivity contribution is 6.34. The normalized spacial score (nSPS) is 11.1. The topological polar surface area (TPSA) is 92.6 Å². The molecule has 0 aromatic heterocycles. The first-order chi connectivity index (χ1) is 13.4. The minimum atomic E-state index is -4.70. The van der Waals surface area contributed by atoms with Gasteiger partial charge in [0.05, 0.1) is 32.6 Å². The number of benzene rings is 2. The first kappa shape index (κ1) is 22.4. The van der Waals surface area contributed by atoms with Crippen molar-refractivity contribution in [2.45, 2.75) is 6.18 Å². The molecule has 2 aromatic rings. The highest BCUT2D eigenvalue weighted by atomic mass is 35.5. The van der Waals surface area contributed by atoms with Gasteiger partial charge in [0.15, 0.2) is 0 Å². The van der Waals surface area contributed by atoms with E-state index < -0.39 is 40.0 Å². The van der Waals surface area contributed by atoms with Crippen LogP contribution in [0.3, 0.4) is 0 Å². The van der Waals surface area contributed by atoms with Gasteiger partial charge in [-0.2, -0.15) is 13.2 Å². The molecule has 0 saturated heterocycles. The van der Waals surface area contributed by atoms with E-state index >= 15 is 0 Å². The van der Waals surface area contributed by atoms with Crippen LogP contribution >= 0.6 is 23.2 Å². The molecule has 0 unspecified atom stereocenters. The summed E-state index contributed by atoms with van der Waals surface area (Å²) in [6.07, 6.45) is -4.70. The van der Waals surface area contributed by atoms with Gasteiger partial charge in [0, 0.05) is 24.9 Å². The van der Waals surface area contributed by atoms with E-state index in [2.05, 4.69) is 5.32 Å². The van der Waals surface area contributed by atoms with Gasteiger partial charge in [-0.3, -0.25) is 19.7 Å². The zero-order valence-electron chi connectivity index (χ0n) is 14.6. The van der Waals surface area contributed by atoms with Gasteiger partial charge in [0.2, 0.25) is 5.91 Å². The van der Waals surface area contributed by atoms with E-state index in [0.717, 1.165) is 29.2 Å². The Kier molecular flexibility index (Phi) is 6.70. The third-order valence-electron chi connectivity index (χ3n) is 3.68. The SMILES string of the molecule is CN(CC(=O)Nc1ccc(Cl)c(C(F)(F)F)c1)C(=O)c1ccc([N+](=O)[O-])cc1Cl. The minimum Gasteiger partial charge on any atom is -0.332 e. The van der Waals surface area contributed by atoms with Crippen LogP contribution in [0.5, 0.6) is 0 Å². The molecular formula is C17H12Cl2F3N3O4. The van der Waals surface area contributed by atoms with Gasteiger partial charge in [-0.25, -0.2) is 0 Å². The fraction of sp³-hybridized carbons (Fsp3) is 0.176. The lowest BCUT2D eigenvalue weighted by Crippen LogP contribution is -2.35. The van der Waals surface area contributed by atoms with E-state index in [9.17, 15) is 32.9 Å². The maximum atomic E-state index is 12.9. The Morgan fingerprint density at radius 1 is 1.14 bits per heavy atom. The second-order valence-electron chi connectivity index (χ2n) is 5.82. The van der Waals surface area contributed by atoms with Crippen LogP contribution in [0.4, 0.5) is 24.5 Å². The summed E-state index contributed by atoms with van der Waals surface area (Å²) in [6.45, 7) is -0.504. The molecule has 0 aliphatic carbocycles. The molecule has 0 saturated carbocycles. The molecule has 0 radical (unpaired) electrons. The second-order valence-corrected chi connectivity index (χ2v) is 6.64. The molecule has 2 rings (SSSR count). The predicted molar refractivity (Wildman–Crippen MR) is 100 cm³/mol. The summed E-state index contributed by atoms with van der Waals surface area (Å²) in [5.74, 6) is -1.47. The zero-order valence-corrected chi connectivity index (χ0v) is 16.1. The number of amides is 2. The number of carbonyl (C=O) groups excluding carboxylic acids is 2. The summed E-state index contributed by atoms with van der Waals surface area (Å²) in [7, 11) is 1.27.